The molecule has 9 heteroatoms. The maximum atomic E-state index is 12.7. The van der Waals surface area contributed by atoms with Crippen LogP contribution in [0.4, 0.5) is 5.69 Å². The molecule has 0 atom stereocenters. The Morgan fingerprint density at radius 3 is 2.42 bits per heavy atom. The molecule has 3 aromatic carbocycles. The highest BCUT2D eigenvalue weighted by molar-refractivity contribution is 6.42. The maximum absolute atomic E-state index is 12.7. The average Bonchev–Trinajstić information content (AvgIpc) is 3.32. The van der Waals surface area contributed by atoms with Crippen LogP contribution in [0, 0.1) is 0 Å². The van der Waals surface area contributed by atoms with Gasteiger partial charge in [-0.3, -0.25) is 9.78 Å². The van der Waals surface area contributed by atoms with E-state index >= 15 is 0 Å². The number of phenolic OH excluding ortho intramolecular Hbond substituents is 1. The smallest absolute Gasteiger partial charge is 0.255 e. The Labute approximate surface area is 221 Å². The molecule has 0 aliphatic heterocycles. The molecule has 0 saturated carbocycles. The summed E-state index contributed by atoms with van der Waals surface area (Å²) in [4.78, 5) is 16.8. The van der Waals surface area contributed by atoms with Gasteiger partial charge in [-0.1, -0.05) is 40.9 Å². The van der Waals surface area contributed by atoms with Crippen LogP contribution in [0.1, 0.15) is 10.4 Å². The predicted molar refractivity (Wildman–Crippen MR) is 143 cm³/mol. The van der Waals surface area contributed by atoms with Gasteiger partial charge in [-0.15, -0.1) is 0 Å². The molecule has 5 rings (SSSR count). The normalized spacial score (nSPS) is 10.9. The molecule has 0 unspecified atom stereocenters. The van der Waals surface area contributed by atoms with Gasteiger partial charge in [-0.05, 0) is 72.3 Å². The Bertz CT molecular complexity index is 1570. The number of aromatic nitrogens is 3. The highest BCUT2D eigenvalue weighted by atomic mass is 35.5. The van der Waals surface area contributed by atoms with Gasteiger partial charge in [-0.2, -0.15) is 5.10 Å². The van der Waals surface area contributed by atoms with E-state index in [1.165, 1.54) is 12.1 Å². The van der Waals surface area contributed by atoms with E-state index in [9.17, 15) is 9.90 Å². The maximum Gasteiger partial charge on any atom is 0.255 e. The van der Waals surface area contributed by atoms with Crippen molar-refractivity contribution in [3.05, 3.63) is 112 Å². The minimum Gasteiger partial charge on any atom is -0.508 e. The zero-order chi connectivity index (χ0) is 25.2. The van der Waals surface area contributed by atoms with Gasteiger partial charge in [0.25, 0.3) is 5.91 Å². The number of hydrogen-bond acceptors (Lipinski definition) is 4. The SMILES string of the molecule is O=C(Nc1cccc(-n2cc(-c3ccncc3)c(-c3cc(O)cc(Cl)c3)n2)c1)c1ccc(Cl)c(Cl)c1. The lowest BCUT2D eigenvalue weighted by Crippen LogP contribution is -2.12. The van der Waals surface area contributed by atoms with Crippen molar-refractivity contribution >= 4 is 46.4 Å². The van der Waals surface area contributed by atoms with E-state index in [1.54, 1.807) is 53.5 Å². The second-order valence-electron chi connectivity index (χ2n) is 7.90. The second-order valence-corrected chi connectivity index (χ2v) is 9.15. The van der Waals surface area contributed by atoms with Crippen molar-refractivity contribution in [1.82, 2.24) is 14.8 Å². The standard InChI is InChI=1S/C27H17Cl3N4O2/c28-19-10-18(11-22(35)13-19)26-23(16-6-8-31-9-7-16)15-34(33-26)21-3-1-2-20(14-21)32-27(36)17-4-5-24(29)25(30)12-17/h1-15,35H,(H,32,36). The Morgan fingerprint density at radius 2 is 1.67 bits per heavy atom. The number of benzene rings is 3. The fraction of sp³-hybridized carbons (Fsp3) is 0. The third-order valence-electron chi connectivity index (χ3n) is 5.41. The first kappa shape index (κ1) is 23.9. The fourth-order valence-corrected chi connectivity index (χ4v) is 4.27. The van der Waals surface area contributed by atoms with Gasteiger partial charge in [0.05, 0.1) is 15.7 Å². The number of amides is 1. The van der Waals surface area contributed by atoms with Gasteiger partial charge in [0, 0.05) is 46.0 Å². The van der Waals surface area contributed by atoms with E-state index in [2.05, 4.69) is 10.3 Å². The molecule has 0 radical (unpaired) electrons. The molecular formula is C27H17Cl3N4O2. The molecule has 2 N–H and O–H groups in total. The number of rotatable bonds is 5. The van der Waals surface area contributed by atoms with E-state index in [0.717, 1.165) is 16.8 Å². The Hall–Kier alpha value is -3.84. The summed E-state index contributed by atoms with van der Waals surface area (Å²) in [5, 5.41) is 18.8. The molecule has 2 aromatic heterocycles. The highest BCUT2D eigenvalue weighted by Crippen LogP contribution is 2.35. The van der Waals surface area contributed by atoms with Crippen molar-refractivity contribution in [2.45, 2.75) is 0 Å². The van der Waals surface area contributed by atoms with E-state index in [-0.39, 0.29) is 11.7 Å². The fourth-order valence-electron chi connectivity index (χ4n) is 3.74. The summed E-state index contributed by atoms with van der Waals surface area (Å²) in [6.45, 7) is 0. The van der Waals surface area contributed by atoms with E-state index in [4.69, 9.17) is 39.9 Å². The minimum atomic E-state index is -0.321. The topological polar surface area (TPSA) is 80.0 Å². The van der Waals surface area contributed by atoms with Crippen LogP contribution >= 0.6 is 34.8 Å². The summed E-state index contributed by atoms with van der Waals surface area (Å²) in [5.41, 5.74) is 4.69. The molecule has 1 amide bonds. The van der Waals surface area contributed by atoms with E-state index in [0.29, 0.717) is 37.6 Å². The molecule has 0 aliphatic carbocycles. The summed E-state index contributed by atoms with van der Waals surface area (Å²) in [7, 11) is 0. The van der Waals surface area contributed by atoms with Crippen molar-refractivity contribution in [2.75, 3.05) is 5.32 Å². The van der Waals surface area contributed by atoms with Gasteiger partial charge in [0.1, 0.15) is 11.4 Å². The predicted octanol–water partition coefficient (Wildman–Crippen LogP) is 7.52. The molecule has 0 saturated heterocycles. The lowest BCUT2D eigenvalue weighted by Gasteiger charge is -2.08. The summed E-state index contributed by atoms with van der Waals surface area (Å²) in [5.74, 6) is -0.279. The monoisotopic (exact) mass is 534 g/mol. The van der Waals surface area contributed by atoms with Gasteiger partial charge >= 0.3 is 0 Å². The first-order chi connectivity index (χ1) is 17.4. The molecule has 6 nitrogen and oxygen atoms in total. The summed E-state index contributed by atoms with van der Waals surface area (Å²) < 4.78 is 1.71. The number of carbonyl (C=O) groups excluding carboxylic acids is 1. The van der Waals surface area contributed by atoms with Gasteiger partial charge in [0.15, 0.2) is 0 Å². The number of phenols is 1. The number of aromatic hydroxyl groups is 1. The van der Waals surface area contributed by atoms with Crippen LogP contribution in [0.15, 0.2) is 91.4 Å². The van der Waals surface area contributed by atoms with Crippen molar-refractivity contribution in [3.8, 4) is 33.8 Å². The van der Waals surface area contributed by atoms with Crippen LogP contribution in [0.25, 0.3) is 28.1 Å². The molecule has 0 spiro atoms. The Kier molecular flexibility index (Phi) is 6.65. The quantitative estimate of drug-likeness (QED) is 0.244. The van der Waals surface area contributed by atoms with Crippen LogP contribution in [-0.2, 0) is 0 Å². The van der Waals surface area contributed by atoms with Crippen LogP contribution in [0.3, 0.4) is 0 Å². The van der Waals surface area contributed by atoms with Crippen LogP contribution in [0.2, 0.25) is 15.1 Å². The van der Waals surface area contributed by atoms with Gasteiger partial charge < -0.3 is 10.4 Å². The number of pyridine rings is 1. The molecule has 0 bridgehead atoms. The summed E-state index contributed by atoms with van der Waals surface area (Å²) in [6.07, 6.45) is 5.28. The summed E-state index contributed by atoms with van der Waals surface area (Å²) >= 11 is 18.2. The molecular weight excluding hydrogens is 519 g/mol. The number of nitrogens with zero attached hydrogens (tertiary/aromatic N) is 3. The second kappa shape index (κ2) is 10.0. The van der Waals surface area contributed by atoms with Crippen molar-refractivity contribution in [1.29, 1.82) is 0 Å². The number of nitrogens with one attached hydrogen (secondary N) is 1. The Balaban J connectivity index is 1.53. The van der Waals surface area contributed by atoms with Gasteiger partial charge in [0.2, 0.25) is 0 Å². The highest BCUT2D eigenvalue weighted by Gasteiger charge is 2.16. The first-order valence-corrected chi connectivity index (χ1v) is 11.9. The summed E-state index contributed by atoms with van der Waals surface area (Å²) in [6, 6.07) is 20.5. The van der Waals surface area contributed by atoms with Crippen molar-refractivity contribution in [2.24, 2.45) is 0 Å². The minimum absolute atomic E-state index is 0.0414. The zero-order valence-electron chi connectivity index (χ0n) is 18.5. The largest absolute Gasteiger partial charge is 0.508 e. The van der Waals surface area contributed by atoms with E-state index in [1.807, 2.05) is 30.5 Å². The number of anilines is 1. The number of hydrogen-bond donors (Lipinski definition) is 2. The van der Waals surface area contributed by atoms with Crippen molar-refractivity contribution in [3.63, 3.8) is 0 Å². The number of halogens is 3. The van der Waals surface area contributed by atoms with Crippen LogP contribution in [0.5, 0.6) is 5.75 Å². The molecule has 2 heterocycles. The number of carbonyl (C=O) groups is 1. The Morgan fingerprint density at radius 1 is 0.861 bits per heavy atom. The lowest BCUT2D eigenvalue weighted by molar-refractivity contribution is 0.102. The average molecular weight is 536 g/mol. The molecule has 178 valence electrons. The molecule has 36 heavy (non-hydrogen) atoms. The third kappa shape index (κ3) is 5.06. The lowest BCUT2D eigenvalue weighted by atomic mass is 10.0. The zero-order valence-corrected chi connectivity index (χ0v) is 20.8. The first-order valence-electron chi connectivity index (χ1n) is 10.7. The molecule has 0 fully saturated rings. The van der Waals surface area contributed by atoms with Crippen LogP contribution in [-0.4, -0.2) is 25.8 Å². The van der Waals surface area contributed by atoms with Crippen LogP contribution < -0.4 is 5.32 Å². The van der Waals surface area contributed by atoms with Gasteiger partial charge in [-0.25, -0.2) is 4.68 Å². The third-order valence-corrected chi connectivity index (χ3v) is 6.37. The van der Waals surface area contributed by atoms with Crippen molar-refractivity contribution < 1.29 is 9.90 Å². The molecule has 5 aromatic rings. The molecule has 0 aliphatic rings. The van der Waals surface area contributed by atoms with E-state index < -0.39 is 0 Å².